The van der Waals surface area contributed by atoms with Crippen LogP contribution in [0.2, 0.25) is 0 Å². The number of hydrogen-bond donors (Lipinski definition) is 8. The molecular weight excluding hydrogens is 877 g/mol. The Morgan fingerprint density at radius 1 is 0.836 bits per heavy atom. The Balaban J connectivity index is 1.62. The lowest BCUT2D eigenvalue weighted by molar-refractivity contribution is -0.329. The number of aliphatic hydroxyl groups is 3. The van der Waals surface area contributed by atoms with Gasteiger partial charge in [0.1, 0.15) is 36.3 Å². The van der Waals surface area contributed by atoms with E-state index in [0.717, 1.165) is 34.7 Å². The molecule has 0 saturated carbocycles. The third-order valence-corrected chi connectivity index (χ3v) is 14.7. The molecule has 67 heavy (non-hydrogen) atoms. The Morgan fingerprint density at radius 3 is 1.97 bits per heavy atom. The maximum Gasteiger partial charge on any atom is 0.332 e. The number of ether oxygens (including phenoxy) is 2. The molecule has 0 bridgehead atoms. The van der Waals surface area contributed by atoms with E-state index in [4.69, 9.17) is 9.47 Å². The van der Waals surface area contributed by atoms with Crippen LogP contribution in [0.4, 0.5) is 0 Å². The number of nitrogens with one attached hydrogen (secondary N) is 3. The number of amides is 6. The SMILES string of the molecule is CC[C@H](C)C[C@H]1CC[C@](O)([C@](C)(O)C(=O)N[C@@H]2C(=O)N3NCCC[C@@H]3C(=O)N(O)[C@@H](C)C(=O)N3NCCC[C@@H]3C(=O)N3CC[C@@](C)(O)[C@H]3C(=O)N(O)[C@@H](C(C)C)C(=O)O[C@H]2C(C)C)O[C@@H]1CC. The maximum atomic E-state index is 15.1. The number of cyclic esters (lactones) is 1. The first-order valence-electron chi connectivity index (χ1n) is 24.1. The van der Waals surface area contributed by atoms with E-state index in [9.17, 15) is 54.5 Å². The van der Waals surface area contributed by atoms with Gasteiger partial charge in [0.05, 0.1) is 11.7 Å². The summed E-state index contributed by atoms with van der Waals surface area (Å²) in [6.07, 6.45) is 0.791. The molecule has 380 valence electrons. The van der Waals surface area contributed by atoms with E-state index in [0.29, 0.717) is 31.6 Å². The summed E-state index contributed by atoms with van der Waals surface area (Å²) < 4.78 is 12.2. The van der Waals surface area contributed by atoms with Gasteiger partial charge in [-0.3, -0.25) is 49.2 Å². The van der Waals surface area contributed by atoms with E-state index in [-0.39, 0.29) is 61.4 Å². The van der Waals surface area contributed by atoms with Crippen molar-refractivity contribution in [2.75, 3.05) is 19.6 Å². The molecule has 0 aromatic rings. The summed E-state index contributed by atoms with van der Waals surface area (Å²) in [7, 11) is 0. The molecular formula is C45H76N8O14. The Labute approximate surface area is 392 Å². The Hall–Kier alpha value is -4.03. The van der Waals surface area contributed by atoms with E-state index in [2.05, 4.69) is 30.0 Å². The minimum absolute atomic E-state index is 0.0213. The number of hydrazine groups is 2. The quantitative estimate of drug-likeness (QED) is 0.114. The van der Waals surface area contributed by atoms with Crippen LogP contribution < -0.4 is 16.2 Å². The first kappa shape index (κ1) is 53.9. The number of hydrogen-bond acceptors (Lipinski definition) is 16. The van der Waals surface area contributed by atoms with Gasteiger partial charge in [0.2, 0.25) is 11.7 Å². The second-order valence-electron chi connectivity index (χ2n) is 20.4. The Bertz CT molecular complexity index is 1850. The molecule has 8 N–H and O–H groups in total. The van der Waals surface area contributed by atoms with Gasteiger partial charge >= 0.3 is 5.97 Å². The van der Waals surface area contributed by atoms with Crippen molar-refractivity contribution < 1.29 is 68.8 Å². The highest BCUT2D eigenvalue weighted by atomic mass is 16.6. The van der Waals surface area contributed by atoms with Crippen molar-refractivity contribution in [2.45, 2.75) is 199 Å². The number of fused-ring (bicyclic) bond motifs is 3. The summed E-state index contributed by atoms with van der Waals surface area (Å²) in [5.74, 6) is -11.6. The summed E-state index contributed by atoms with van der Waals surface area (Å²) in [4.78, 5) is 103. The van der Waals surface area contributed by atoms with Crippen LogP contribution in [0, 0.1) is 23.7 Å². The molecule has 5 saturated heterocycles. The lowest BCUT2D eigenvalue weighted by Gasteiger charge is -2.48. The van der Waals surface area contributed by atoms with Gasteiger partial charge in [-0.2, -0.15) is 0 Å². The van der Waals surface area contributed by atoms with Crippen LogP contribution in [-0.2, 0) is 43.0 Å². The van der Waals surface area contributed by atoms with Crippen molar-refractivity contribution in [3.8, 4) is 0 Å². The third-order valence-electron chi connectivity index (χ3n) is 14.7. The molecule has 22 nitrogen and oxygen atoms in total. The van der Waals surface area contributed by atoms with Crippen LogP contribution >= 0.6 is 0 Å². The largest absolute Gasteiger partial charge is 0.458 e. The van der Waals surface area contributed by atoms with Crippen molar-refractivity contribution in [1.82, 2.24) is 41.2 Å². The highest BCUT2D eigenvalue weighted by Crippen LogP contribution is 2.42. The predicted octanol–water partition coefficient (Wildman–Crippen LogP) is 0.325. The van der Waals surface area contributed by atoms with Crippen LogP contribution in [0.1, 0.15) is 133 Å². The van der Waals surface area contributed by atoms with E-state index < -0.39 is 119 Å². The van der Waals surface area contributed by atoms with Crippen LogP contribution in [-0.4, -0.2) is 177 Å². The van der Waals surface area contributed by atoms with E-state index in [1.54, 1.807) is 13.8 Å². The van der Waals surface area contributed by atoms with Gasteiger partial charge in [-0.15, -0.1) is 0 Å². The van der Waals surface area contributed by atoms with Gasteiger partial charge < -0.3 is 35.0 Å². The standard InChI is InChI=1S/C45H76N8O14/c1-11-26(7)23-28-17-18-45(63,67-31(28)12-2)44(10,62)42(60)48-32-34(25(5)6)66-41(59)33(24(3)4)53(65)40(58)35-43(9,61)19-22-49(35)37(55)29-15-13-20-46-50(29)36(54)27(8)52(64)38(56)30-16-14-21-47-51(30)39(32)57/h24-35,46-47,61-65H,11-23H2,1-10H3,(H,48,60)/t26-,27-,28+,29+,30+,31+,32-,33-,34-,35+,43+,44+,45+/m0/s1. The van der Waals surface area contributed by atoms with Crippen molar-refractivity contribution in [2.24, 2.45) is 23.7 Å². The monoisotopic (exact) mass is 953 g/mol. The number of hydroxylamine groups is 4. The second kappa shape index (κ2) is 21.3. The molecule has 22 heteroatoms. The lowest BCUT2D eigenvalue weighted by Crippen LogP contribution is -2.70. The zero-order chi connectivity index (χ0) is 50.1. The highest BCUT2D eigenvalue weighted by molar-refractivity contribution is 5.98. The minimum Gasteiger partial charge on any atom is -0.458 e. The fourth-order valence-electron chi connectivity index (χ4n) is 10.1. The summed E-state index contributed by atoms with van der Waals surface area (Å²) in [6.45, 7) is 15.8. The number of rotatable bonds is 9. The van der Waals surface area contributed by atoms with Crippen molar-refractivity contribution in [1.29, 1.82) is 0 Å². The van der Waals surface area contributed by atoms with Crippen LogP contribution in [0.25, 0.3) is 0 Å². The molecule has 0 aromatic heterocycles. The molecule has 13 atom stereocenters. The van der Waals surface area contributed by atoms with Gasteiger partial charge in [-0.1, -0.05) is 54.9 Å². The van der Waals surface area contributed by atoms with Crippen molar-refractivity contribution in [3.05, 3.63) is 0 Å². The lowest BCUT2D eigenvalue weighted by atomic mass is 9.78. The molecule has 5 aliphatic rings. The van der Waals surface area contributed by atoms with Gasteiger partial charge in [0.25, 0.3) is 29.5 Å². The molecule has 5 fully saturated rings. The molecule has 0 aromatic carbocycles. The van der Waals surface area contributed by atoms with Crippen LogP contribution in [0.5, 0.6) is 0 Å². The molecule has 5 aliphatic heterocycles. The summed E-state index contributed by atoms with van der Waals surface area (Å²) in [5.41, 5.74) is 1.02. The smallest absolute Gasteiger partial charge is 0.332 e. The average molecular weight is 953 g/mol. The van der Waals surface area contributed by atoms with Crippen molar-refractivity contribution >= 4 is 41.4 Å². The summed E-state index contributed by atoms with van der Waals surface area (Å²) in [6, 6.07) is -10.0. The zero-order valence-corrected chi connectivity index (χ0v) is 40.8. The molecule has 0 spiro atoms. The summed E-state index contributed by atoms with van der Waals surface area (Å²) >= 11 is 0. The van der Waals surface area contributed by atoms with E-state index >= 15 is 4.79 Å². The number of carbonyl (C=O) groups excluding carboxylic acids is 7. The number of nitrogens with zero attached hydrogens (tertiary/aromatic N) is 5. The Morgan fingerprint density at radius 2 is 1.42 bits per heavy atom. The molecule has 0 radical (unpaired) electrons. The van der Waals surface area contributed by atoms with E-state index in [1.807, 2.05) is 6.92 Å². The minimum atomic E-state index is -2.74. The molecule has 0 aliphatic carbocycles. The maximum absolute atomic E-state index is 15.1. The first-order valence-corrected chi connectivity index (χ1v) is 24.1. The Kier molecular flexibility index (Phi) is 17.1. The third kappa shape index (κ3) is 10.8. The molecule has 0 unspecified atom stereocenters. The molecule has 5 heterocycles. The molecule has 5 rings (SSSR count). The van der Waals surface area contributed by atoms with Gasteiger partial charge in [-0.05, 0) is 95.8 Å². The number of esters is 1. The van der Waals surface area contributed by atoms with Gasteiger partial charge in [-0.25, -0.2) is 25.8 Å². The normalized spacial score (nSPS) is 35.9. The first-order chi connectivity index (χ1) is 31.3. The fourth-order valence-corrected chi connectivity index (χ4v) is 10.1. The summed E-state index contributed by atoms with van der Waals surface area (Å²) in [5, 5.41) is 63.5. The zero-order valence-electron chi connectivity index (χ0n) is 40.8. The van der Waals surface area contributed by atoms with Gasteiger partial charge in [0.15, 0.2) is 11.6 Å². The van der Waals surface area contributed by atoms with Gasteiger partial charge in [0, 0.05) is 26.1 Å². The van der Waals surface area contributed by atoms with Crippen molar-refractivity contribution in [3.63, 3.8) is 0 Å². The topological polar surface area (TPSA) is 291 Å². The second-order valence-corrected chi connectivity index (χ2v) is 20.4. The van der Waals surface area contributed by atoms with Crippen LogP contribution in [0.3, 0.4) is 0 Å². The number of carbonyl (C=O) groups is 7. The highest BCUT2D eigenvalue weighted by Gasteiger charge is 2.59. The fraction of sp³-hybridized carbons (Fsp3) is 0.844. The average Bonchev–Trinajstić information content (AvgIpc) is 3.62. The van der Waals surface area contributed by atoms with Crippen LogP contribution in [0.15, 0.2) is 0 Å². The molecule has 6 amide bonds. The van der Waals surface area contributed by atoms with E-state index in [1.165, 1.54) is 27.7 Å². The predicted molar refractivity (Wildman–Crippen MR) is 236 cm³/mol.